The Kier molecular flexibility index (Phi) is 5.96. The monoisotopic (exact) mass is 649 g/mol. The number of nitrogens with zero attached hydrogens (tertiary/aromatic N) is 3. The van der Waals surface area contributed by atoms with E-state index in [-0.39, 0.29) is 0 Å². The third kappa shape index (κ3) is 4.12. The van der Waals surface area contributed by atoms with Gasteiger partial charge in [-0.05, 0) is 90.0 Å². The Bertz CT molecular complexity index is 3070. The second-order valence-electron chi connectivity index (χ2n) is 13.4. The summed E-state index contributed by atoms with van der Waals surface area (Å²) in [6.45, 7) is 0. The highest BCUT2D eigenvalue weighted by atomic mass is 15.0. The van der Waals surface area contributed by atoms with Crippen molar-refractivity contribution in [2.24, 2.45) is 0 Å². The largest absolute Gasteiger partial charge is 0.309 e. The molecule has 0 atom stereocenters. The van der Waals surface area contributed by atoms with Gasteiger partial charge in [0.15, 0.2) is 0 Å². The minimum Gasteiger partial charge on any atom is -0.309 e. The molecular formula is C48H31N3. The summed E-state index contributed by atoms with van der Waals surface area (Å²) in [5.41, 5.74) is 13.1. The number of hydrogen-bond acceptors (Lipinski definition) is 0. The van der Waals surface area contributed by atoms with E-state index in [0.29, 0.717) is 0 Å². The van der Waals surface area contributed by atoms with Gasteiger partial charge in [0, 0.05) is 49.4 Å². The molecule has 3 aromatic heterocycles. The molecule has 0 amide bonds. The Hall–Kier alpha value is -6.84. The molecule has 0 saturated carbocycles. The maximum absolute atomic E-state index is 2.43. The van der Waals surface area contributed by atoms with Crippen molar-refractivity contribution in [2.75, 3.05) is 0 Å². The van der Waals surface area contributed by atoms with Crippen LogP contribution in [0.2, 0.25) is 0 Å². The normalized spacial score (nSPS) is 11.9. The van der Waals surface area contributed by atoms with Crippen molar-refractivity contribution >= 4 is 65.4 Å². The minimum absolute atomic E-state index is 1.15. The van der Waals surface area contributed by atoms with E-state index in [0.717, 1.165) is 17.1 Å². The molecule has 8 aromatic carbocycles. The highest BCUT2D eigenvalue weighted by molar-refractivity contribution is 6.19. The van der Waals surface area contributed by atoms with Crippen LogP contribution in [0.4, 0.5) is 0 Å². The third-order valence-corrected chi connectivity index (χ3v) is 10.6. The van der Waals surface area contributed by atoms with E-state index in [1.54, 1.807) is 0 Å². The first-order chi connectivity index (χ1) is 25.3. The number of aromatic nitrogens is 3. The van der Waals surface area contributed by atoms with Crippen LogP contribution in [0.5, 0.6) is 0 Å². The van der Waals surface area contributed by atoms with Crippen molar-refractivity contribution in [3.63, 3.8) is 0 Å². The lowest BCUT2D eigenvalue weighted by Crippen LogP contribution is -1.95. The molecule has 3 heteroatoms. The Labute approximate surface area is 294 Å². The molecule has 11 rings (SSSR count). The quantitative estimate of drug-likeness (QED) is 0.180. The molecule has 0 N–H and O–H groups in total. The SMILES string of the molecule is c1ccc(-n2c3ccccc3c3cc4c5cc(-c6cccc(-n7c8ccccc8c8ccccc87)c6)ccc5n(-c5ccccc5)c4cc32)cc1. The van der Waals surface area contributed by atoms with Gasteiger partial charge in [-0.15, -0.1) is 0 Å². The van der Waals surface area contributed by atoms with Gasteiger partial charge in [-0.2, -0.15) is 0 Å². The van der Waals surface area contributed by atoms with E-state index in [1.165, 1.54) is 76.5 Å². The van der Waals surface area contributed by atoms with E-state index in [9.17, 15) is 0 Å². The molecule has 0 spiro atoms. The van der Waals surface area contributed by atoms with E-state index in [2.05, 4.69) is 202 Å². The average molecular weight is 650 g/mol. The van der Waals surface area contributed by atoms with Crippen molar-refractivity contribution in [3.05, 3.63) is 188 Å². The Morgan fingerprint density at radius 3 is 1.22 bits per heavy atom. The Morgan fingerprint density at radius 2 is 0.627 bits per heavy atom. The van der Waals surface area contributed by atoms with Gasteiger partial charge in [0.1, 0.15) is 0 Å². The molecule has 0 aliphatic carbocycles. The number of rotatable bonds is 4. The first-order valence-electron chi connectivity index (χ1n) is 17.5. The number of hydrogen-bond donors (Lipinski definition) is 0. The molecule has 0 radical (unpaired) electrons. The Morgan fingerprint density at radius 1 is 0.216 bits per heavy atom. The molecule has 3 heterocycles. The zero-order chi connectivity index (χ0) is 33.5. The predicted octanol–water partition coefficient (Wildman–Crippen LogP) is 12.6. The molecule has 0 unspecified atom stereocenters. The Balaban J connectivity index is 1.18. The molecule has 11 aromatic rings. The summed E-state index contributed by atoms with van der Waals surface area (Å²) in [7, 11) is 0. The first-order valence-corrected chi connectivity index (χ1v) is 17.5. The van der Waals surface area contributed by atoms with Crippen molar-refractivity contribution in [1.82, 2.24) is 13.7 Å². The molecule has 0 bridgehead atoms. The lowest BCUT2D eigenvalue weighted by molar-refractivity contribution is 1.16. The summed E-state index contributed by atoms with van der Waals surface area (Å²) in [5, 5.41) is 7.55. The van der Waals surface area contributed by atoms with Crippen LogP contribution in [0.3, 0.4) is 0 Å². The fourth-order valence-electron chi connectivity index (χ4n) is 8.40. The molecular weight excluding hydrogens is 619 g/mol. The van der Waals surface area contributed by atoms with Gasteiger partial charge in [-0.25, -0.2) is 0 Å². The third-order valence-electron chi connectivity index (χ3n) is 10.6. The second-order valence-corrected chi connectivity index (χ2v) is 13.4. The van der Waals surface area contributed by atoms with Crippen molar-refractivity contribution in [2.45, 2.75) is 0 Å². The topological polar surface area (TPSA) is 14.8 Å². The fraction of sp³-hybridized carbons (Fsp3) is 0. The second kappa shape index (κ2) is 10.8. The summed E-state index contributed by atoms with van der Waals surface area (Å²) >= 11 is 0. The van der Waals surface area contributed by atoms with Gasteiger partial charge >= 0.3 is 0 Å². The van der Waals surface area contributed by atoms with E-state index in [1.807, 2.05) is 0 Å². The summed E-state index contributed by atoms with van der Waals surface area (Å²) < 4.78 is 7.23. The highest BCUT2D eigenvalue weighted by Gasteiger charge is 2.19. The lowest BCUT2D eigenvalue weighted by atomic mass is 10.0. The number of benzene rings is 8. The van der Waals surface area contributed by atoms with Crippen molar-refractivity contribution in [1.29, 1.82) is 0 Å². The summed E-state index contributed by atoms with van der Waals surface area (Å²) in [5.74, 6) is 0. The standard InChI is InChI=1S/C48H31N3/c1-3-15-34(16-4-1)49-45-25-12-9-22-39(45)41-30-42-40-29-33(26-27-46(40)50(48(42)31-47(41)49)35-17-5-2-6-18-35)32-14-13-19-36(28-32)51-43-23-10-7-20-37(43)38-21-8-11-24-44(38)51/h1-31H. The van der Waals surface area contributed by atoms with Gasteiger partial charge in [-0.3, -0.25) is 0 Å². The summed E-state index contributed by atoms with van der Waals surface area (Å²) in [6, 6.07) is 68.4. The van der Waals surface area contributed by atoms with Gasteiger partial charge in [0.05, 0.1) is 33.1 Å². The minimum atomic E-state index is 1.15. The zero-order valence-electron chi connectivity index (χ0n) is 27.7. The maximum Gasteiger partial charge on any atom is 0.0562 e. The maximum atomic E-state index is 2.43. The van der Waals surface area contributed by atoms with Crippen molar-refractivity contribution in [3.8, 4) is 28.2 Å². The molecule has 0 aliphatic rings. The number of fused-ring (bicyclic) bond motifs is 9. The van der Waals surface area contributed by atoms with Crippen LogP contribution in [-0.4, -0.2) is 13.7 Å². The van der Waals surface area contributed by atoms with Gasteiger partial charge in [-0.1, -0.05) is 109 Å². The highest BCUT2D eigenvalue weighted by Crippen LogP contribution is 2.41. The fourth-order valence-corrected chi connectivity index (χ4v) is 8.40. The molecule has 0 saturated heterocycles. The molecule has 51 heavy (non-hydrogen) atoms. The van der Waals surface area contributed by atoms with Crippen LogP contribution in [-0.2, 0) is 0 Å². The van der Waals surface area contributed by atoms with Crippen LogP contribution in [0, 0.1) is 0 Å². The first kappa shape index (κ1) is 28.0. The molecule has 0 aliphatic heterocycles. The zero-order valence-corrected chi connectivity index (χ0v) is 27.7. The van der Waals surface area contributed by atoms with Crippen LogP contribution in [0.15, 0.2) is 188 Å². The van der Waals surface area contributed by atoms with E-state index >= 15 is 0 Å². The summed E-state index contributed by atoms with van der Waals surface area (Å²) in [4.78, 5) is 0. The predicted molar refractivity (Wildman–Crippen MR) is 215 cm³/mol. The van der Waals surface area contributed by atoms with Crippen LogP contribution >= 0.6 is 0 Å². The number of para-hydroxylation sites is 5. The van der Waals surface area contributed by atoms with Crippen LogP contribution in [0.1, 0.15) is 0 Å². The average Bonchev–Trinajstić information content (AvgIpc) is 3.83. The van der Waals surface area contributed by atoms with Gasteiger partial charge in [0.2, 0.25) is 0 Å². The van der Waals surface area contributed by atoms with E-state index < -0.39 is 0 Å². The van der Waals surface area contributed by atoms with Gasteiger partial charge in [0.25, 0.3) is 0 Å². The summed E-state index contributed by atoms with van der Waals surface area (Å²) in [6.07, 6.45) is 0. The lowest BCUT2D eigenvalue weighted by Gasteiger charge is -2.11. The van der Waals surface area contributed by atoms with Crippen LogP contribution < -0.4 is 0 Å². The smallest absolute Gasteiger partial charge is 0.0562 e. The van der Waals surface area contributed by atoms with E-state index in [4.69, 9.17) is 0 Å². The van der Waals surface area contributed by atoms with Crippen LogP contribution in [0.25, 0.3) is 93.6 Å². The molecule has 0 fully saturated rings. The molecule has 238 valence electrons. The van der Waals surface area contributed by atoms with Crippen molar-refractivity contribution < 1.29 is 0 Å². The molecule has 3 nitrogen and oxygen atoms in total. The van der Waals surface area contributed by atoms with Gasteiger partial charge < -0.3 is 13.7 Å².